The summed E-state index contributed by atoms with van der Waals surface area (Å²) in [5, 5.41) is 19.1. The molecule has 96 valence electrons. The Kier molecular flexibility index (Phi) is 2.85. The van der Waals surface area contributed by atoms with E-state index < -0.39 is 0 Å². The minimum absolute atomic E-state index is 0.496. The highest BCUT2D eigenvalue weighted by Gasteiger charge is 2.27. The lowest BCUT2D eigenvalue weighted by Crippen LogP contribution is -2.35. The highest BCUT2D eigenvalue weighted by Crippen LogP contribution is 2.31. The molecule has 6 heteroatoms. The number of nitrogens with one attached hydrogen (secondary N) is 1. The maximum absolute atomic E-state index is 4.36. The van der Waals surface area contributed by atoms with E-state index >= 15 is 0 Å². The van der Waals surface area contributed by atoms with Crippen molar-refractivity contribution in [1.82, 2.24) is 25.3 Å². The second-order valence-electron chi connectivity index (χ2n) is 5.26. The summed E-state index contributed by atoms with van der Waals surface area (Å²) < 4.78 is 1.46. The van der Waals surface area contributed by atoms with Gasteiger partial charge < -0.3 is 5.32 Å². The van der Waals surface area contributed by atoms with E-state index in [-0.39, 0.29) is 0 Å². The molecule has 0 spiro atoms. The fourth-order valence-electron chi connectivity index (χ4n) is 2.70. The Labute approximate surface area is 106 Å². The normalized spacial score (nSPS) is 28.4. The van der Waals surface area contributed by atoms with Crippen LogP contribution in [0.1, 0.15) is 33.1 Å². The number of rotatable bonds is 2. The van der Waals surface area contributed by atoms with Crippen LogP contribution in [0.2, 0.25) is 0 Å². The van der Waals surface area contributed by atoms with Gasteiger partial charge in [-0.25, -0.2) is 0 Å². The van der Waals surface area contributed by atoms with Crippen LogP contribution in [0.4, 0.5) is 5.82 Å². The highest BCUT2D eigenvalue weighted by molar-refractivity contribution is 5.42. The molecule has 2 heterocycles. The van der Waals surface area contributed by atoms with E-state index in [4.69, 9.17) is 0 Å². The van der Waals surface area contributed by atoms with Crippen LogP contribution in [-0.4, -0.2) is 31.3 Å². The average Bonchev–Trinajstić information content (AvgIpc) is 2.82. The minimum Gasteiger partial charge on any atom is -0.366 e. The van der Waals surface area contributed by atoms with Crippen molar-refractivity contribution in [2.45, 2.75) is 39.2 Å². The molecule has 0 aliphatic heterocycles. The van der Waals surface area contributed by atoms with Gasteiger partial charge in [-0.2, -0.15) is 0 Å². The number of anilines is 1. The van der Waals surface area contributed by atoms with Crippen molar-refractivity contribution in [3.05, 3.63) is 12.1 Å². The molecule has 6 nitrogen and oxygen atoms in total. The highest BCUT2D eigenvalue weighted by atomic mass is 15.6. The number of aromatic nitrogens is 5. The zero-order chi connectivity index (χ0) is 12.5. The van der Waals surface area contributed by atoms with Gasteiger partial charge in [0.15, 0.2) is 5.65 Å². The lowest BCUT2D eigenvalue weighted by atomic mass is 9.78. The van der Waals surface area contributed by atoms with Gasteiger partial charge in [0.05, 0.1) is 0 Å². The Morgan fingerprint density at radius 1 is 1.28 bits per heavy atom. The van der Waals surface area contributed by atoms with Crippen LogP contribution in [0.25, 0.3) is 5.65 Å². The molecule has 1 fully saturated rings. The van der Waals surface area contributed by atoms with Gasteiger partial charge in [0.25, 0.3) is 0 Å². The first kappa shape index (κ1) is 11.4. The van der Waals surface area contributed by atoms with Gasteiger partial charge in [-0.15, -0.1) is 14.8 Å². The van der Waals surface area contributed by atoms with Crippen molar-refractivity contribution in [3.8, 4) is 0 Å². The zero-order valence-corrected chi connectivity index (χ0v) is 10.7. The van der Waals surface area contributed by atoms with E-state index in [1.165, 1.54) is 23.9 Å². The molecule has 0 aromatic carbocycles. The Balaban J connectivity index is 1.78. The summed E-state index contributed by atoms with van der Waals surface area (Å²) in [6.45, 7) is 4.65. The predicted octanol–water partition coefficient (Wildman–Crippen LogP) is 1.76. The smallest absolute Gasteiger partial charge is 0.200 e. The third-order valence-corrected chi connectivity index (χ3v) is 4.11. The van der Waals surface area contributed by atoms with E-state index in [1.54, 1.807) is 0 Å². The number of hydrogen-bond acceptors (Lipinski definition) is 5. The number of hydrogen-bond donors (Lipinski definition) is 1. The molecule has 2 aromatic rings. The van der Waals surface area contributed by atoms with Crippen molar-refractivity contribution < 1.29 is 0 Å². The molecule has 18 heavy (non-hydrogen) atoms. The van der Waals surface area contributed by atoms with Crippen molar-refractivity contribution in [3.63, 3.8) is 0 Å². The fourth-order valence-corrected chi connectivity index (χ4v) is 2.70. The molecular formula is C12H18N6. The van der Waals surface area contributed by atoms with Gasteiger partial charge in [0.2, 0.25) is 0 Å². The molecule has 2 aromatic heterocycles. The predicted molar refractivity (Wildman–Crippen MR) is 68.2 cm³/mol. The van der Waals surface area contributed by atoms with Crippen LogP contribution in [-0.2, 0) is 0 Å². The van der Waals surface area contributed by atoms with Crippen LogP contribution in [0, 0.1) is 11.8 Å². The minimum atomic E-state index is 0.496. The first-order valence-electron chi connectivity index (χ1n) is 6.56. The second-order valence-corrected chi connectivity index (χ2v) is 5.26. The third kappa shape index (κ3) is 2.02. The third-order valence-electron chi connectivity index (χ3n) is 4.11. The van der Waals surface area contributed by atoms with Crippen LogP contribution >= 0.6 is 0 Å². The maximum atomic E-state index is 4.36. The van der Waals surface area contributed by atoms with E-state index in [9.17, 15) is 0 Å². The van der Waals surface area contributed by atoms with Gasteiger partial charge in [0, 0.05) is 6.04 Å². The molecule has 3 atom stereocenters. The molecule has 1 saturated carbocycles. The maximum Gasteiger partial charge on any atom is 0.200 e. The van der Waals surface area contributed by atoms with Crippen molar-refractivity contribution >= 4 is 11.5 Å². The lowest BCUT2D eigenvalue weighted by Gasteiger charge is -2.34. The summed E-state index contributed by atoms with van der Waals surface area (Å²) in [6.07, 6.45) is 3.83. The van der Waals surface area contributed by atoms with Crippen LogP contribution in [0.5, 0.6) is 0 Å². The topological polar surface area (TPSA) is 68.0 Å². The van der Waals surface area contributed by atoms with Crippen molar-refractivity contribution in [2.24, 2.45) is 11.8 Å². The van der Waals surface area contributed by atoms with Gasteiger partial charge in [-0.3, -0.25) is 0 Å². The summed E-state index contributed by atoms with van der Waals surface area (Å²) >= 11 is 0. The molecule has 0 amide bonds. The number of nitrogens with zero attached hydrogens (tertiary/aromatic N) is 5. The van der Waals surface area contributed by atoms with Gasteiger partial charge in [0.1, 0.15) is 5.82 Å². The Morgan fingerprint density at radius 2 is 2.17 bits per heavy atom. The van der Waals surface area contributed by atoms with Crippen LogP contribution in [0.15, 0.2) is 12.1 Å². The number of tetrazole rings is 1. The summed E-state index contributed by atoms with van der Waals surface area (Å²) in [5.41, 5.74) is 0.672. The van der Waals surface area contributed by atoms with Gasteiger partial charge in [-0.1, -0.05) is 26.7 Å². The van der Waals surface area contributed by atoms with Gasteiger partial charge >= 0.3 is 0 Å². The fraction of sp³-hybridized carbons (Fsp3) is 0.667. The second kappa shape index (κ2) is 4.51. The Morgan fingerprint density at radius 3 is 3.06 bits per heavy atom. The summed E-state index contributed by atoms with van der Waals surface area (Å²) in [4.78, 5) is 0. The van der Waals surface area contributed by atoms with Crippen LogP contribution < -0.4 is 5.32 Å². The molecule has 3 unspecified atom stereocenters. The molecule has 1 aliphatic rings. The molecular weight excluding hydrogens is 228 g/mol. The summed E-state index contributed by atoms with van der Waals surface area (Å²) in [5.74, 6) is 2.29. The average molecular weight is 246 g/mol. The Hall–Kier alpha value is -1.72. The summed E-state index contributed by atoms with van der Waals surface area (Å²) in [7, 11) is 0. The van der Waals surface area contributed by atoms with E-state index in [2.05, 4.69) is 39.8 Å². The largest absolute Gasteiger partial charge is 0.366 e. The van der Waals surface area contributed by atoms with Crippen molar-refractivity contribution in [2.75, 3.05) is 5.32 Å². The molecule has 1 aliphatic carbocycles. The van der Waals surface area contributed by atoms with E-state index in [1.807, 2.05) is 12.1 Å². The first-order chi connectivity index (χ1) is 8.74. The van der Waals surface area contributed by atoms with E-state index in [0.29, 0.717) is 17.6 Å². The molecule has 0 saturated heterocycles. The standard InChI is InChI=1S/C12H18N6/c1-8-4-3-5-10(9(8)2)13-11-6-7-12-14-16-17-18(12)15-11/h6-10H,3-5H2,1-2H3,(H,13,15). The van der Waals surface area contributed by atoms with Gasteiger partial charge in [-0.05, 0) is 40.8 Å². The van der Waals surface area contributed by atoms with Crippen molar-refractivity contribution in [1.29, 1.82) is 0 Å². The molecule has 0 bridgehead atoms. The monoisotopic (exact) mass is 246 g/mol. The van der Waals surface area contributed by atoms with E-state index in [0.717, 1.165) is 11.7 Å². The SMILES string of the molecule is CC1CCCC(Nc2ccc3nnnn3n2)C1C. The molecule has 1 N–H and O–H groups in total. The molecule has 3 rings (SSSR count). The van der Waals surface area contributed by atoms with Crippen LogP contribution in [0.3, 0.4) is 0 Å². The quantitative estimate of drug-likeness (QED) is 0.874. The lowest BCUT2D eigenvalue weighted by molar-refractivity contribution is 0.252. The Bertz CT molecular complexity index is 536. The summed E-state index contributed by atoms with van der Waals surface area (Å²) in [6, 6.07) is 4.32. The zero-order valence-electron chi connectivity index (χ0n) is 10.7. The number of fused-ring (bicyclic) bond motifs is 1. The molecule has 0 radical (unpaired) electrons. The first-order valence-corrected chi connectivity index (χ1v) is 6.56.